The summed E-state index contributed by atoms with van der Waals surface area (Å²) in [6.07, 6.45) is -14.8. The maximum absolute atomic E-state index is 13.3. The average molecular weight is 844 g/mol. The van der Waals surface area contributed by atoms with Crippen molar-refractivity contribution in [1.29, 1.82) is 0 Å². The van der Waals surface area contributed by atoms with Gasteiger partial charge in [-0.25, -0.2) is 24.1 Å². The lowest BCUT2D eigenvalue weighted by Gasteiger charge is -2.45. The summed E-state index contributed by atoms with van der Waals surface area (Å²) in [6, 6.07) is 0. The summed E-state index contributed by atoms with van der Waals surface area (Å²) in [4.78, 5) is 93.3. The second-order valence-corrected chi connectivity index (χ2v) is 15.4. The summed E-state index contributed by atoms with van der Waals surface area (Å²) in [7, 11) is -11.7. The summed E-state index contributed by atoms with van der Waals surface area (Å²) in [5, 5.41) is 21.7. The first-order valence-electron chi connectivity index (χ1n) is 16.1. The monoisotopic (exact) mass is 843 g/mol. The quantitative estimate of drug-likeness (QED) is 0.0788. The highest BCUT2D eigenvalue weighted by Crippen LogP contribution is 2.62. The van der Waals surface area contributed by atoms with E-state index < -0.39 is 120 Å². The molecule has 56 heavy (non-hydrogen) atoms. The van der Waals surface area contributed by atoms with Crippen molar-refractivity contribution in [2.75, 3.05) is 18.9 Å². The zero-order valence-corrected chi connectivity index (χ0v) is 32.0. The molecule has 0 amide bonds. The predicted octanol–water partition coefficient (Wildman–Crippen LogP) is -1.32. The first-order valence-corrected chi connectivity index (χ1v) is 19.1. The third-order valence-electron chi connectivity index (χ3n) is 7.82. The van der Waals surface area contributed by atoms with Gasteiger partial charge in [0, 0.05) is 34.6 Å². The fourth-order valence-corrected chi connectivity index (χ4v) is 7.88. The number of carbonyl (C=O) groups is 5. The van der Waals surface area contributed by atoms with E-state index in [0.29, 0.717) is 0 Å². The number of hydrogen-bond donors (Lipinski definition) is 5. The van der Waals surface area contributed by atoms with E-state index in [9.17, 15) is 53.1 Å². The summed E-state index contributed by atoms with van der Waals surface area (Å²) in [5.74, 6) is -5.19. The number of nitrogens with zero attached hydrogens (tertiary/aromatic N) is 4. The number of anilines is 1. The summed E-state index contributed by atoms with van der Waals surface area (Å²) in [5.41, 5.74) is 4.00. The number of aromatic nitrogens is 4. The maximum Gasteiger partial charge on any atom is 0.483 e. The molecule has 2 saturated heterocycles. The number of nitrogen functional groups attached to an aromatic ring is 1. The molecule has 0 aliphatic carbocycles. The van der Waals surface area contributed by atoms with Crippen LogP contribution < -0.4 is 5.73 Å². The number of aliphatic hydroxyl groups excluding tert-OH is 2. The van der Waals surface area contributed by atoms with Gasteiger partial charge < -0.3 is 58.9 Å². The first kappa shape index (κ1) is 44.5. The molecular formula is C28H39N5O21P2. The molecule has 0 aromatic carbocycles. The van der Waals surface area contributed by atoms with Gasteiger partial charge >= 0.3 is 45.5 Å². The molecule has 0 radical (unpaired) electrons. The van der Waals surface area contributed by atoms with Gasteiger partial charge in [0.25, 0.3) is 0 Å². The largest absolute Gasteiger partial charge is 0.483 e. The molecular weight excluding hydrogens is 804 g/mol. The highest BCUT2D eigenvalue weighted by Gasteiger charge is 2.58. The first-order chi connectivity index (χ1) is 25.9. The Balaban J connectivity index is 1.59. The minimum absolute atomic E-state index is 0.00690. The maximum atomic E-state index is 13.3. The van der Waals surface area contributed by atoms with Crippen molar-refractivity contribution in [2.24, 2.45) is 0 Å². The number of aliphatic hydroxyl groups is 2. The number of fused-ring (bicyclic) bond motifs is 1. The highest BCUT2D eigenvalue weighted by atomic mass is 31.3. The molecule has 26 nitrogen and oxygen atoms in total. The van der Waals surface area contributed by atoms with Gasteiger partial charge in [-0.05, 0) is 6.92 Å². The van der Waals surface area contributed by atoms with Crippen LogP contribution in [0.5, 0.6) is 0 Å². The summed E-state index contributed by atoms with van der Waals surface area (Å²) in [6.45, 7) is 3.83. The third-order valence-corrected chi connectivity index (χ3v) is 10.4. The van der Waals surface area contributed by atoms with Gasteiger partial charge in [0.2, 0.25) is 6.29 Å². The lowest BCUT2D eigenvalue weighted by atomic mass is 9.94. The van der Waals surface area contributed by atoms with Crippen molar-refractivity contribution in [3.63, 3.8) is 0 Å². The molecule has 0 bridgehead atoms. The molecule has 2 aliphatic rings. The van der Waals surface area contributed by atoms with Crippen LogP contribution in [0.25, 0.3) is 11.2 Å². The van der Waals surface area contributed by atoms with E-state index in [1.54, 1.807) is 0 Å². The Kier molecular flexibility index (Phi) is 13.9. The minimum Gasteiger partial charge on any atom is -0.462 e. The zero-order valence-electron chi connectivity index (χ0n) is 30.3. The van der Waals surface area contributed by atoms with Crippen molar-refractivity contribution < 1.29 is 99.6 Å². The van der Waals surface area contributed by atoms with Crippen LogP contribution in [0.2, 0.25) is 0 Å². The van der Waals surface area contributed by atoms with E-state index >= 15 is 0 Å². The minimum atomic E-state index is -5.97. The molecule has 12 atom stereocenters. The topological polar surface area (TPSA) is 362 Å². The van der Waals surface area contributed by atoms with Gasteiger partial charge in [0.05, 0.1) is 12.9 Å². The van der Waals surface area contributed by atoms with Crippen molar-refractivity contribution in [3.8, 4) is 0 Å². The number of esters is 5. The average Bonchev–Trinajstić information content (AvgIpc) is 3.59. The van der Waals surface area contributed by atoms with Crippen molar-refractivity contribution in [2.45, 2.75) is 102 Å². The molecule has 0 saturated carbocycles. The number of hydrogen-bond acceptors (Lipinski definition) is 23. The van der Waals surface area contributed by atoms with Crippen LogP contribution in [-0.2, 0) is 79.6 Å². The van der Waals surface area contributed by atoms with Crippen LogP contribution in [0.15, 0.2) is 12.7 Å². The van der Waals surface area contributed by atoms with Crippen LogP contribution in [0.3, 0.4) is 0 Å². The van der Waals surface area contributed by atoms with Gasteiger partial charge in [-0.1, -0.05) is 0 Å². The van der Waals surface area contributed by atoms with Gasteiger partial charge in [-0.2, -0.15) is 4.31 Å². The zero-order chi connectivity index (χ0) is 41.9. The van der Waals surface area contributed by atoms with Crippen LogP contribution in [0.1, 0.15) is 47.8 Å². The number of ether oxygens (including phenoxy) is 7. The van der Waals surface area contributed by atoms with Crippen LogP contribution in [-0.4, -0.2) is 137 Å². The molecule has 6 N–H and O–H groups in total. The summed E-state index contributed by atoms with van der Waals surface area (Å²) >= 11 is 0. The van der Waals surface area contributed by atoms with Gasteiger partial charge in [0.1, 0.15) is 42.4 Å². The summed E-state index contributed by atoms with van der Waals surface area (Å²) < 4.78 is 79.1. The number of nitrogens with two attached hydrogens (primary N) is 1. The van der Waals surface area contributed by atoms with Gasteiger partial charge in [-0.15, -0.1) is 0 Å². The Morgan fingerprint density at radius 1 is 0.893 bits per heavy atom. The van der Waals surface area contributed by atoms with Crippen molar-refractivity contribution in [1.82, 2.24) is 19.5 Å². The van der Waals surface area contributed by atoms with E-state index in [1.807, 2.05) is 0 Å². The molecule has 312 valence electrons. The Hall–Kier alpha value is -4.20. The number of rotatable bonds is 15. The van der Waals surface area contributed by atoms with Gasteiger partial charge in [0.15, 0.2) is 42.1 Å². The van der Waals surface area contributed by atoms with E-state index in [-0.39, 0.29) is 17.0 Å². The second kappa shape index (κ2) is 17.5. The van der Waals surface area contributed by atoms with Crippen molar-refractivity contribution >= 4 is 62.5 Å². The molecule has 0 spiro atoms. The SMILES string of the molecule is CC(=O)OC[C@@H](OC(C)=O)C1OC(OP(=O)(O)OP(=O)(O)OCC2(C)OC(n3cnc4c(N)ncnc43)C(O)[C@H]2O)C(OC(C)=O)C(OC(C)=O)C1OC(C)=O. The molecule has 2 fully saturated rings. The van der Waals surface area contributed by atoms with Gasteiger partial charge in [-0.3, -0.25) is 37.6 Å². The molecule has 28 heteroatoms. The highest BCUT2D eigenvalue weighted by molar-refractivity contribution is 7.61. The lowest BCUT2D eigenvalue weighted by molar-refractivity contribution is -0.301. The fraction of sp³-hybridized carbons (Fsp3) is 0.643. The normalized spacial score (nSPS) is 30.3. The Morgan fingerprint density at radius 2 is 1.50 bits per heavy atom. The van der Waals surface area contributed by atoms with E-state index in [0.717, 1.165) is 47.9 Å². The smallest absolute Gasteiger partial charge is 0.462 e. The standard InChI is InChI=1S/C28H39N5O21P2/c1-11(34)45-7-16(47-12(2)35)19-20(48-13(3)36)21(49-14(4)37)22(50-15(5)38)27(51-19)53-56(43,44)54-55(41,42)46-8-28(6)23(40)18(39)26(52-28)33-10-32-17-24(29)30-9-31-25(17)33/h9-10,16,18-23,26-27,39-40H,7-8H2,1-6H3,(H,41,42)(H,43,44)(H2,29,30,31)/t16-,18?,19?,20?,21?,22?,23-,26?,27?,28?/m1/s1. The van der Waals surface area contributed by atoms with Crippen LogP contribution >= 0.6 is 15.6 Å². The molecule has 4 rings (SSSR count). The lowest BCUT2D eigenvalue weighted by Crippen LogP contribution is -2.65. The number of phosphoric acid groups is 2. The Labute approximate surface area is 315 Å². The molecule has 10 unspecified atom stereocenters. The number of carbonyl (C=O) groups excluding carboxylic acids is 5. The predicted molar refractivity (Wildman–Crippen MR) is 176 cm³/mol. The molecule has 2 aromatic rings. The molecule has 4 heterocycles. The molecule has 2 aromatic heterocycles. The van der Waals surface area contributed by atoms with E-state index in [2.05, 4.69) is 19.3 Å². The number of phosphoric ester groups is 2. The number of imidazole rings is 1. The Morgan fingerprint density at radius 3 is 2.09 bits per heavy atom. The molecule has 2 aliphatic heterocycles. The van der Waals surface area contributed by atoms with Crippen LogP contribution in [0, 0.1) is 0 Å². The second-order valence-electron chi connectivity index (χ2n) is 12.4. The fourth-order valence-electron chi connectivity index (χ4n) is 5.64. The van der Waals surface area contributed by atoms with Crippen molar-refractivity contribution in [3.05, 3.63) is 12.7 Å². The van der Waals surface area contributed by atoms with E-state index in [1.165, 1.54) is 10.9 Å². The third kappa shape index (κ3) is 10.8. The Bertz CT molecular complexity index is 1910. The van der Waals surface area contributed by atoms with E-state index in [4.69, 9.17) is 47.9 Å². The van der Waals surface area contributed by atoms with Crippen LogP contribution in [0.4, 0.5) is 5.82 Å².